The molecule has 0 bridgehead atoms. The normalized spacial score (nSPS) is 11.7. The lowest BCUT2D eigenvalue weighted by Gasteiger charge is -2.13. The molecule has 0 aromatic carbocycles. The highest BCUT2D eigenvalue weighted by Gasteiger charge is 2.38. The fourth-order valence-corrected chi connectivity index (χ4v) is 2.44. The Morgan fingerprint density at radius 1 is 0.636 bits per heavy atom. The van der Waals surface area contributed by atoms with Crippen LogP contribution >= 0.6 is 0 Å². The van der Waals surface area contributed by atoms with Crippen LogP contribution in [-0.2, 0) is 0 Å². The van der Waals surface area contributed by atoms with Crippen LogP contribution < -0.4 is 0 Å². The Hall–Kier alpha value is -0.610. The molecule has 22 heavy (non-hydrogen) atoms. The second-order valence-electron chi connectivity index (χ2n) is 5.92. The van der Waals surface area contributed by atoms with E-state index < -0.39 is 24.3 Å². The van der Waals surface area contributed by atoms with E-state index in [1.165, 1.54) is 38.5 Å². The molecule has 5 heteroatoms. The van der Waals surface area contributed by atoms with Gasteiger partial charge in [-0.3, -0.25) is 0 Å². The van der Waals surface area contributed by atoms with Crippen LogP contribution in [-0.4, -0.2) is 5.92 Å². The summed E-state index contributed by atoms with van der Waals surface area (Å²) in [4.78, 5) is 0. The molecule has 0 fully saturated rings. The Morgan fingerprint density at radius 3 is 1.36 bits per heavy atom. The van der Waals surface area contributed by atoms with Crippen LogP contribution in [0.5, 0.6) is 0 Å². The molecule has 0 aromatic heterocycles. The Labute approximate surface area is 131 Å². The average Bonchev–Trinajstić information content (AvgIpc) is 2.47. The zero-order valence-electron chi connectivity index (χ0n) is 13.6. The smallest absolute Gasteiger partial charge is 0.199 e. The molecule has 0 aliphatic rings. The summed E-state index contributed by atoms with van der Waals surface area (Å²) in [5, 5.41) is 0. The fraction of sp³-hybridized carbons (Fsp3) is 0.882. The third-order valence-electron chi connectivity index (χ3n) is 3.83. The SMILES string of the molecule is CCCCCCCCCCCCCCC(F)(F)C(F)=C(F)F. The van der Waals surface area contributed by atoms with Gasteiger partial charge in [-0.15, -0.1) is 0 Å². The third-order valence-corrected chi connectivity index (χ3v) is 3.83. The highest BCUT2D eigenvalue weighted by molar-refractivity contribution is 5.04. The molecule has 0 rings (SSSR count). The summed E-state index contributed by atoms with van der Waals surface area (Å²) in [6.45, 7) is 2.19. The van der Waals surface area contributed by atoms with Crippen molar-refractivity contribution in [1.82, 2.24) is 0 Å². The summed E-state index contributed by atoms with van der Waals surface area (Å²) in [5.41, 5.74) is 0. The van der Waals surface area contributed by atoms with Gasteiger partial charge in [-0.25, -0.2) is 0 Å². The molecule has 0 aliphatic carbocycles. The van der Waals surface area contributed by atoms with Crippen LogP contribution in [0.4, 0.5) is 22.0 Å². The largest absolute Gasteiger partial charge is 0.307 e. The molecular weight excluding hydrogens is 299 g/mol. The Kier molecular flexibility index (Phi) is 12.5. The van der Waals surface area contributed by atoms with Gasteiger partial charge in [0.2, 0.25) is 5.83 Å². The third kappa shape index (κ3) is 11.0. The predicted octanol–water partition coefficient (Wildman–Crippen LogP) is 7.79. The first kappa shape index (κ1) is 21.4. The summed E-state index contributed by atoms with van der Waals surface area (Å²) in [6, 6.07) is 0. The number of hydrogen-bond acceptors (Lipinski definition) is 0. The van der Waals surface area contributed by atoms with Crippen molar-refractivity contribution in [2.75, 3.05) is 0 Å². The lowest BCUT2D eigenvalue weighted by atomic mass is 10.0. The van der Waals surface area contributed by atoms with E-state index in [1.54, 1.807) is 0 Å². The molecule has 0 unspecified atom stereocenters. The van der Waals surface area contributed by atoms with E-state index >= 15 is 0 Å². The quantitative estimate of drug-likeness (QED) is 0.225. The zero-order chi connectivity index (χ0) is 16.8. The monoisotopic (exact) mass is 328 g/mol. The molecule has 0 radical (unpaired) electrons. The van der Waals surface area contributed by atoms with Crippen molar-refractivity contribution in [3.05, 3.63) is 11.9 Å². The Balaban J connectivity index is 3.42. The van der Waals surface area contributed by atoms with Crippen LogP contribution in [0.3, 0.4) is 0 Å². The maximum absolute atomic E-state index is 13.0. The number of hydrogen-bond donors (Lipinski definition) is 0. The molecule has 0 saturated carbocycles. The molecule has 0 saturated heterocycles. The number of halogens is 5. The van der Waals surface area contributed by atoms with E-state index in [4.69, 9.17) is 0 Å². The lowest BCUT2D eigenvalue weighted by molar-refractivity contribution is 0.0000724. The summed E-state index contributed by atoms with van der Waals surface area (Å²) in [6.07, 6.45) is 8.47. The fourth-order valence-electron chi connectivity index (χ4n) is 2.44. The number of unbranched alkanes of at least 4 members (excludes halogenated alkanes) is 11. The van der Waals surface area contributed by atoms with E-state index in [1.807, 2.05) is 0 Å². The minimum Gasteiger partial charge on any atom is -0.199 e. The van der Waals surface area contributed by atoms with Crippen molar-refractivity contribution in [2.24, 2.45) is 0 Å². The molecule has 132 valence electrons. The van der Waals surface area contributed by atoms with Crippen molar-refractivity contribution in [1.29, 1.82) is 0 Å². The summed E-state index contributed by atoms with van der Waals surface area (Å²) in [7, 11) is 0. The van der Waals surface area contributed by atoms with Gasteiger partial charge in [0.05, 0.1) is 0 Å². The highest BCUT2D eigenvalue weighted by atomic mass is 19.3. The maximum Gasteiger partial charge on any atom is 0.307 e. The molecule has 0 nitrogen and oxygen atoms in total. The number of allylic oxidation sites excluding steroid dienone is 1. The minimum absolute atomic E-state index is 0.0741. The second-order valence-corrected chi connectivity index (χ2v) is 5.92. The number of alkyl halides is 2. The minimum atomic E-state index is -4.02. The molecule has 0 atom stereocenters. The van der Waals surface area contributed by atoms with Crippen LogP contribution in [0.15, 0.2) is 11.9 Å². The number of rotatable bonds is 14. The van der Waals surface area contributed by atoms with E-state index in [0.29, 0.717) is 6.42 Å². The predicted molar refractivity (Wildman–Crippen MR) is 81.0 cm³/mol. The van der Waals surface area contributed by atoms with Gasteiger partial charge in [0.25, 0.3) is 0 Å². The molecule has 0 heterocycles. The van der Waals surface area contributed by atoms with Gasteiger partial charge in [0, 0.05) is 6.42 Å². The Morgan fingerprint density at radius 2 is 1.00 bits per heavy atom. The Bertz CT molecular complexity index is 295. The van der Waals surface area contributed by atoms with Gasteiger partial charge >= 0.3 is 12.0 Å². The molecule has 0 spiro atoms. The van der Waals surface area contributed by atoms with Crippen LogP contribution in [0, 0.1) is 0 Å². The van der Waals surface area contributed by atoms with Gasteiger partial charge in [-0.1, -0.05) is 77.6 Å². The molecule has 0 N–H and O–H groups in total. The second kappa shape index (κ2) is 12.9. The topological polar surface area (TPSA) is 0 Å². The van der Waals surface area contributed by atoms with Crippen LogP contribution in [0.2, 0.25) is 0 Å². The van der Waals surface area contributed by atoms with E-state index in [9.17, 15) is 22.0 Å². The standard InChI is InChI=1S/C17H29F5/c1-2-3-4-5-6-7-8-9-10-11-12-13-14-17(21,22)15(18)16(19)20/h2-14H2,1H3. The van der Waals surface area contributed by atoms with Crippen molar-refractivity contribution < 1.29 is 22.0 Å². The maximum atomic E-state index is 13.0. The van der Waals surface area contributed by atoms with Gasteiger partial charge in [0.15, 0.2) is 0 Å². The van der Waals surface area contributed by atoms with Crippen molar-refractivity contribution in [3.63, 3.8) is 0 Å². The van der Waals surface area contributed by atoms with Crippen LogP contribution in [0.25, 0.3) is 0 Å². The zero-order valence-corrected chi connectivity index (χ0v) is 13.6. The first-order chi connectivity index (χ1) is 10.4. The lowest BCUT2D eigenvalue weighted by Crippen LogP contribution is -2.17. The summed E-state index contributed by atoms with van der Waals surface area (Å²) >= 11 is 0. The highest BCUT2D eigenvalue weighted by Crippen LogP contribution is 2.34. The van der Waals surface area contributed by atoms with Crippen molar-refractivity contribution in [3.8, 4) is 0 Å². The van der Waals surface area contributed by atoms with E-state index in [-0.39, 0.29) is 6.42 Å². The first-order valence-corrected chi connectivity index (χ1v) is 8.51. The van der Waals surface area contributed by atoms with Crippen LogP contribution in [0.1, 0.15) is 90.4 Å². The summed E-state index contributed by atoms with van der Waals surface area (Å²) < 4.78 is 62.0. The van der Waals surface area contributed by atoms with Gasteiger partial charge in [-0.05, 0) is 6.42 Å². The van der Waals surface area contributed by atoms with E-state index in [0.717, 1.165) is 25.7 Å². The van der Waals surface area contributed by atoms with Gasteiger partial charge in [-0.2, -0.15) is 22.0 Å². The molecular formula is C17H29F5. The van der Waals surface area contributed by atoms with Crippen molar-refractivity contribution >= 4 is 0 Å². The molecule has 0 aromatic rings. The molecule has 0 amide bonds. The van der Waals surface area contributed by atoms with Gasteiger partial charge < -0.3 is 0 Å². The van der Waals surface area contributed by atoms with E-state index in [2.05, 4.69) is 6.92 Å². The summed E-state index contributed by atoms with van der Waals surface area (Å²) in [5.74, 6) is -6.59. The van der Waals surface area contributed by atoms with Gasteiger partial charge in [0.1, 0.15) is 0 Å². The van der Waals surface area contributed by atoms with Crippen molar-refractivity contribution in [2.45, 2.75) is 96.3 Å². The first-order valence-electron chi connectivity index (χ1n) is 8.51. The molecule has 0 aliphatic heterocycles. The average molecular weight is 328 g/mol.